The first-order chi connectivity index (χ1) is 13.3. The highest BCUT2D eigenvalue weighted by molar-refractivity contribution is 7.89. The molecule has 0 bridgehead atoms. The molecule has 2 aromatic carbocycles. The number of amides is 1. The summed E-state index contributed by atoms with van der Waals surface area (Å²) < 4.78 is 32.9. The van der Waals surface area contributed by atoms with Crippen LogP contribution in [0.2, 0.25) is 0 Å². The van der Waals surface area contributed by atoms with E-state index in [-0.39, 0.29) is 23.9 Å². The number of ether oxygens (including phenoxy) is 1. The summed E-state index contributed by atoms with van der Waals surface area (Å²) in [6.45, 7) is 6.45. The van der Waals surface area contributed by atoms with Gasteiger partial charge in [0.05, 0.1) is 11.5 Å². The molecule has 0 saturated carbocycles. The van der Waals surface area contributed by atoms with Gasteiger partial charge in [-0.05, 0) is 56.5 Å². The van der Waals surface area contributed by atoms with Crippen molar-refractivity contribution in [3.63, 3.8) is 0 Å². The number of hydrogen-bond acceptors (Lipinski definition) is 4. The summed E-state index contributed by atoms with van der Waals surface area (Å²) in [5.41, 5.74) is 2.74. The lowest BCUT2D eigenvalue weighted by Gasteiger charge is -2.11. The summed E-state index contributed by atoms with van der Waals surface area (Å²) in [6.07, 6.45) is 0.920. The predicted octanol–water partition coefficient (Wildman–Crippen LogP) is 2.87. The fourth-order valence-corrected chi connectivity index (χ4v) is 3.97. The molecule has 0 fully saturated rings. The average Bonchev–Trinajstić information content (AvgIpc) is 2.66. The molecular formula is C21H28N2O4S. The largest absolute Gasteiger partial charge is 0.494 e. The topological polar surface area (TPSA) is 84.5 Å². The molecule has 0 aliphatic carbocycles. The fourth-order valence-electron chi connectivity index (χ4n) is 2.61. The lowest BCUT2D eigenvalue weighted by atomic mass is 10.2. The minimum atomic E-state index is -3.59. The predicted molar refractivity (Wildman–Crippen MR) is 110 cm³/mol. The van der Waals surface area contributed by atoms with E-state index < -0.39 is 10.0 Å². The van der Waals surface area contributed by atoms with Crippen LogP contribution in [0.25, 0.3) is 0 Å². The van der Waals surface area contributed by atoms with Crippen LogP contribution in [0, 0.1) is 20.8 Å². The maximum absolute atomic E-state index is 12.4. The van der Waals surface area contributed by atoms with Crippen LogP contribution < -0.4 is 14.8 Å². The van der Waals surface area contributed by atoms with Crippen molar-refractivity contribution < 1.29 is 17.9 Å². The van der Waals surface area contributed by atoms with Gasteiger partial charge in [0.2, 0.25) is 15.9 Å². The van der Waals surface area contributed by atoms with E-state index in [4.69, 9.17) is 4.74 Å². The first-order valence-corrected chi connectivity index (χ1v) is 10.8. The van der Waals surface area contributed by atoms with Crippen molar-refractivity contribution >= 4 is 15.9 Å². The molecule has 6 nitrogen and oxygen atoms in total. The summed E-state index contributed by atoms with van der Waals surface area (Å²) in [5.74, 6) is 0.658. The Kier molecular flexibility index (Phi) is 8.02. The number of aryl methyl sites for hydroxylation is 3. The van der Waals surface area contributed by atoms with Crippen molar-refractivity contribution in [1.82, 2.24) is 10.0 Å². The van der Waals surface area contributed by atoms with E-state index in [9.17, 15) is 13.2 Å². The van der Waals surface area contributed by atoms with E-state index in [0.29, 0.717) is 25.0 Å². The second kappa shape index (κ2) is 10.2. The molecule has 0 heterocycles. The van der Waals surface area contributed by atoms with Crippen molar-refractivity contribution in [3.8, 4) is 5.75 Å². The monoisotopic (exact) mass is 404 g/mol. The van der Waals surface area contributed by atoms with Crippen molar-refractivity contribution in [2.24, 2.45) is 0 Å². The average molecular weight is 405 g/mol. The molecule has 152 valence electrons. The van der Waals surface area contributed by atoms with Crippen molar-refractivity contribution in [2.75, 3.05) is 19.7 Å². The molecule has 1 amide bonds. The Hall–Kier alpha value is -2.38. The van der Waals surface area contributed by atoms with Crippen molar-refractivity contribution in [1.29, 1.82) is 0 Å². The molecule has 0 saturated heterocycles. The molecule has 2 N–H and O–H groups in total. The Morgan fingerprint density at radius 1 is 0.964 bits per heavy atom. The zero-order valence-corrected chi connectivity index (χ0v) is 17.4. The first kappa shape index (κ1) is 21.9. The zero-order valence-electron chi connectivity index (χ0n) is 16.6. The molecule has 7 heteroatoms. The lowest BCUT2D eigenvalue weighted by Crippen LogP contribution is -2.35. The molecule has 0 aromatic heterocycles. The smallest absolute Gasteiger partial charge is 0.240 e. The number of benzene rings is 2. The third kappa shape index (κ3) is 6.98. The number of rotatable bonds is 10. The Morgan fingerprint density at radius 3 is 2.36 bits per heavy atom. The van der Waals surface area contributed by atoms with Gasteiger partial charge in [-0.15, -0.1) is 0 Å². The molecule has 0 radical (unpaired) electrons. The minimum Gasteiger partial charge on any atom is -0.494 e. The number of carbonyl (C=O) groups excluding carboxylic acids is 1. The second-order valence-electron chi connectivity index (χ2n) is 6.78. The van der Waals surface area contributed by atoms with Gasteiger partial charge in [-0.25, -0.2) is 13.1 Å². The summed E-state index contributed by atoms with van der Waals surface area (Å²) in [5, 5.41) is 2.72. The van der Waals surface area contributed by atoms with E-state index in [2.05, 4.69) is 10.0 Å². The van der Waals surface area contributed by atoms with Crippen molar-refractivity contribution in [3.05, 3.63) is 59.2 Å². The number of nitrogens with one attached hydrogen (secondary N) is 2. The van der Waals surface area contributed by atoms with Crippen LogP contribution in [0.5, 0.6) is 5.75 Å². The maximum Gasteiger partial charge on any atom is 0.240 e. The Balaban J connectivity index is 1.65. The van der Waals surface area contributed by atoms with Crippen LogP contribution >= 0.6 is 0 Å². The lowest BCUT2D eigenvalue weighted by molar-refractivity contribution is -0.121. The third-order valence-corrected chi connectivity index (χ3v) is 5.81. The highest BCUT2D eigenvalue weighted by Gasteiger charge is 2.16. The summed E-state index contributed by atoms with van der Waals surface area (Å²) in [6, 6.07) is 13.0. The molecule has 0 unspecified atom stereocenters. The van der Waals surface area contributed by atoms with Gasteiger partial charge >= 0.3 is 0 Å². The van der Waals surface area contributed by atoms with Crippen LogP contribution in [-0.2, 0) is 14.8 Å². The Bertz CT molecular complexity index is 893. The number of sulfonamides is 1. The highest BCUT2D eigenvalue weighted by Crippen LogP contribution is 2.16. The Labute approximate surface area is 167 Å². The van der Waals surface area contributed by atoms with Gasteiger partial charge in [-0.1, -0.05) is 29.8 Å². The van der Waals surface area contributed by atoms with Crippen LogP contribution in [0.15, 0.2) is 47.4 Å². The molecule has 2 rings (SSSR count). The van der Waals surface area contributed by atoms with Crippen LogP contribution in [0.4, 0.5) is 0 Å². The summed E-state index contributed by atoms with van der Waals surface area (Å²) in [7, 11) is -3.59. The molecule has 0 aliphatic rings. The van der Waals surface area contributed by atoms with E-state index >= 15 is 0 Å². The standard InChI is InChI=1S/C21H28N2O4S/c1-16-7-10-19(11-8-16)27-14-4-5-21(24)22-12-13-23-28(25,26)20-15-17(2)6-9-18(20)3/h6-11,15,23H,4-5,12-14H2,1-3H3,(H,22,24). The van der Waals surface area contributed by atoms with Gasteiger partial charge in [-0.3, -0.25) is 4.79 Å². The van der Waals surface area contributed by atoms with Gasteiger partial charge < -0.3 is 10.1 Å². The van der Waals surface area contributed by atoms with Gasteiger partial charge in [0.15, 0.2) is 0 Å². The molecule has 0 aliphatic heterocycles. The molecule has 0 spiro atoms. The molecule has 28 heavy (non-hydrogen) atoms. The minimum absolute atomic E-state index is 0.126. The normalized spacial score (nSPS) is 11.2. The highest BCUT2D eigenvalue weighted by atomic mass is 32.2. The summed E-state index contributed by atoms with van der Waals surface area (Å²) >= 11 is 0. The maximum atomic E-state index is 12.4. The van der Waals surface area contributed by atoms with Crippen molar-refractivity contribution in [2.45, 2.75) is 38.5 Å². The van der Waals surface area contributed by atoms with Gasteiger partial charge in [0, 0.05) is 19.5 Å². The van der Waals surface area contributed by atoms with Gasteiger partial charge in [-0.2, -0.15) is 0 Å². The third-order valence-electron chi connectivity index (χ3n) is 4.21. The van der Waals surface area contributed by atoms with E-state index in [1.54, 1.807) is 19.1 Å². The summed E-state index contributed by atoms with van der Waals surface area (Å²) in [4.78, 5) is 12.1. The van der Waals surface area contributed by atoms with Gasteiger partial charge in [0.1, 0.15) is 5.75 Å². The first-order valence-electron chi connectivity index (χ1n) is 9.31. The molecular weight excluding hydrogens is 376 g/mol. The van der Waals surface area contributed by atoms with Gasteiger partial charge in [0.25, 0.3) is 0 Å². The van der Waals surface area contributed by atoms with E-state index in [1.807, 2.05) is 44.2 Å². The Morgan fingerprint density at radius 2 is 1.64 bits per heavy atom. The fraction of sp³-hybridized carbons (Fsp3) is 0.381. The van der Waals surface area contributed by atoms with E-state index in [1.165, 1.54) is 5.56 Å². The van der Waals surface area contributed by atoms with E-state index in [0.717, 1.165) is 11.3 Å². The molecule has 0 atom stereocenters. The van der Waals surface area contributed by atoms with Crippen LogP contribution in [0.3, 0.4) is 0 Å². The van der Waals surface area contributed by atoms with Crippen LogP contribution in [-0.4, -0.2) is 34.0 Å². The molecule has 2 aromatic rings. The SMILES string of the molecule is Cc1ccc(OCCCC(=O)NCCNS(=O)(=O)c2cc(C)ccc2C)cc1. The number of hydrogen-bond donors (Lipinski definition) is 2. The number of carbonyl (C=O) groups is 1. The quantitative estimate of drug-likeness (QED) is 0.597. The zero-order chi connectivity index (χ0) is 20.6. The van der Waals surface area contributed by atoms with Crippen LogP contribution in [0.1, 0.15) is 29.5 Å². The second-order valence-corrected chi connectivity index (χ2v) is 8.52.